The molecule has 2 aliphatic heterocycles. The van der Waals surface area contributed by atoms with Crippen LogP contribution in [0, 0.1) is 0 Å². The third-order valence-electron chi connectivity index (χ3n) is 5.47. The largest absolute Gasteiger partial charge is 0.476 e. The van der Waals surface area contributed by atoms with Crippen LogP contribution >= 0.6 is 0 Å². The van der Waals surface area contributed by atoms with E-state index in [1.165, 1.54) is 0 Å². The minimum absolute atomic E-state index is 0.0348. The Kier molecular flexibility index (Phi) is 5.81. The standard InChI is InChI=1S/C23H26N2O4/c1-28-16-17-9-11-18(12-10-17)22(26)25-15-21(23(27)24-13-5-2-6-14-24)29-20-8-4-3-7-19(20)25/h3-4,7-12,21H,2,5-6,13-16H2,1H3/t21-/m1/s1. The Morgan fingerprint density at radius 1 is 1.03 bits per heavy atom. The van der Waals surface area contributed by atoms with Gasteiger partial charge in [0, 0.05) is 25.8 Å². The molecule has 6 heteroatoms. The molecule has 0 aliphatic carbocycles. The highest BCUT2D eigenvalue weighted by Gasteiger charge is 2.36. The SMILES string of the molecule is COCc1ccc(C(=O)N2C[C@H](C(=O)N3CCCCC3)Oc3ccccc32)cc1. The quantitative estimate of drug-likeness (QED) is 0.799. The zero-order valence-electron chi connectivity index (χ0n) is 16.7. The third kappa shape index (κ3) is 4.12. The predicted molar refractivity (Wildman–Crippen MR) is 110 cm³/mol. The number of anilines is 1. The number of hydrogen-bond donors (Lipinski definition) is 0. The van der Waals surface area contributed by atoms with E-state index >= 15 is 0 Å². The average molecular weight is 394 g/mol. The minimum Gasteiger partial charge on any atom is -0.476 e. The van der Waals surface area contributed by atoms with Gasteiger partial charge in [0.15, 0.2) is 6.10 Å². The predicted octanol–water partition coefficient (Wildman–Crippen LogP) is 3.25. The van der Waals surface area contributed by atoms with E-state index < -0.39 is 6.10 Å². The highest BCUT2D eigenvalue weighted by Crippen LogP contribution is 2.34. The molecule has 2 aromatic carbocycles. The first kappa shape index (κ1) is 19.5. The Bertz CT molecular complexity index is 875. The van der Waals surface area contributed by atoms with E-state index in [2.05, 4.69) is 0 Å². The Hall–Kier alpha value is -2.86. The molecule has 1 saturated heterocycles. The van der Waals surface area contributed by atoms with Gasteiger partial charge in [0.2, 0.25) is 0 Å². The van der Waals surface area contributed by atoms with Gasteiger partial charge in [-0.1, -0.05) is 24.3 Å². The highest BCUT2D eigenvalue weighted by atomic mass is 16.5. The maximum Gasteiger partial charge on any atom is 0.265 e. The van der Waals surface area contributed by atoms with Gasteiger partial charge in [-0.2, -0.15) is 0 Å². The number of likely N-dealkylation sites (tertiary alicyclic amines) is 1. The summed E-state index contributed by atoms with van der Waals surface area (Å²) in [6, 6.07) is 14.8. The zero-order chi connectivity index (χ0) is 20.2. The van der Waals surface area contributed by atoms with Gasteiger partial charge >= 0.3 is 0 Å². The number of ether oxygens (including phenoxy) is 2. The molecule has 1 fully saturated rings. The summed E-state index contributed by atoms with van der Waals surface area (Å²) >= 11 is 0. The molecule has 0 unspecified atom stereocenters. The molecule has 0 saturated carbocycles. The van der Waals surface area contributed by atoms with Crippen LogP contribution in [0.1, 0.15) is 35.2 Å². The second kappa shape index (κ2) is 8.66. The van der Waals surface area contributed by atoms with Gasteiger partial charge in [-0.25, -0.2) is 0 Å². The maximum atomic E-state index is 13.3. The number of methoxy groups -OCH3 is 1. The Morgan fingerprint density at radius 2 is 1.76 bits per heavy atom. The third-order valence-corrected chi connectivity index (χ3v) is 5.47. The molecule has 0 aromatic heterocycles. The Labute approximate surface area is 171 Å². The van der Waals surface area contributed by atoms with Crippen molar-refractivity contribution in [2.75, 3.05) is 31.6 Å². The molecule has 4 rings (SSSR count). The fraction of sp³-hybridized carbons (Fsp3) is 0.391. The number of amides is 2. The average Bonchev–Trinajstić information content (AvgIpc) is 2.78. The summed E-state index contributed by atoms with van der Waals surface area (Å²) in [7, 11) is 1.64. The van der Waals surface area contributed by atoms with Gasteiger partial charge in [-0.3, -0.25) is 9.59 Å². The maximum absolute atomic E-state index is 13.3. The molecule has 0 spiro atoms. The van der Waals surface area contributed by atoms with Crippen LogP contribution in [0.15, 0.2) is 48.5 Å². The van der Waals surface area contributed by atoms with E-state index in [1.54, 1.807) is 24.1 Å². The summed E-state index contributed by atoms with van der Waals surface area (Å²) < 4.78 is 11.1. The summed E-state index contributed by atoms with van der Waals surface area (Å²) in [5.74, 6) is 0.395. The van der Waals surface area contributed by atoms with Crippen molar-refractivity contribution in [2.45, 2.75) is 32.0 Å². The second-order valence-electron chi connectivity index (χ2n) is 7.51. The summed E-state index contributed by atoms with van der Waals surface area (Å²) in [6.45, 7) is 2.23. The first-order valence-corrected chi connectivity index (χ1v) is 10.1. The molecular formula is C23H26N2O4. The van der Waals surface area contributed by atoms with Crippen LogP contribution in [0.5, 0.6) is 5.75 Å². The van der Waals surface area contributed by atoms with Crippen molar-refractivity contribution in [2.24, 2.45) is 0 Å². The van der Waals surface area contributed by atoms with Crippen molar-refractivity contribution < 1.29 is 19.1 Å². The monoisotopic (exact) mass is 394 g/mol. The first-order chi connectivity index (χ1) is 14.2. The normalized spacial score (nSPS) is 18.7. The summed E-state index contributed by atoms with van der Waals surface area (Å²) in [5, 5.41) is 0. The number of nitrogens with zero attached hydrogens (tertiary/aromatic N) is 2. The summed E-state index contributed by atoms with van der Waals surface area (Å²) in [5.41, 5.74) is 2.27. The van der Waals surface area contributed by atoms with Crippen molar-refractivity contribution in [3.63, 3.8) is 0 Å². The van der Waals surface area contributed by atoms with Crippen LogP contribution in [0.2, 0.25) is 0 Å². The molecule has 2 aliphatic rings. The van der Waals surface area contributed by atoms with E-state index in [0.717, 1.165) is 37.9 Å². The van der Waals surface area contributed by atoms with E-state index in [0.29, 0.717) is 23.6 Å². The molecule has 2 heterocycles. The van der Waals surface area contributed by atoms with E-state index in [-0.39, 0.29) is 18.4 Å². The molecule has 29 heavy (non-hydrogen) atoms. The number of rotatable bonds is 4. The van der Waals surface area contributed by atoms with Gasteiger partial charge in [-0.05, 0) is 49.1 Å². The van der Waals surface area contributed by atoms with Crippen molar-refractivity contribution in [1.29, 1.82) is 0 Å². The summed E-state index contributed by atoms with van der Waals surface area (Å²) in [4.78, 5) is 29.9. The van der Waals surface area contributed by atoms with Crippen molar-refractivity contribution >= 4 is 17.5 Å². The molecule has 2 aromatic rings. The number of para-hydroxylation sites is 2. The topological polar surface area (TPSA) is 59.1 Å². The molecular weight excluding hydrogens is 368 g/mol. The zero-order valence-corrected chi connectivity index (χ0v) is 16.7. The van der Waals surface area contributed by atoms with Gasteiger partial charge in [-0.15, -0.1) is 0 Å². The van der Waals surface area contributed by atoms with Gasteiger partial charge in [0.05, 0.1) is 18.8 Å². The fourth-order valence-electron chi connectivity index (χ4n) is 3.94. The summed E-state index contributed by atoms with van der Waals surface area (Å²) in [6.07, 6.45) is 2.51. The number of carbonyl (C=O) groups excluding carboxylic acids is 2. The lowest BCUT2D eigenvalue weighted by atomic mass is 10.1. The van der Waals surface area contributed by atoms with Gasteiger partial charge in [0.25, 0.3) is 11.8 Å². The lowest BCUT2D eigenvalue weighted by Crippen LogP contribution is -2.52. The second-order valence-corrected chi connectivity index (χ2v) is 7.51. The van der Waals surface area contributed by atoms with E-state index in [1.807, 2.05) is 41.3 Å². The number of piperidine rings is 1. The van der Waals surface area contributed by atoms with E-state index in [9.17, 15) is 9.59 Å². The number of hydrogen-bond acceptors (Lipinski definition) is 4. The number of fused-ring (bicyclic) bond motifs is 1. The highest BCUT2D eigenvalue weighted by molar-refractivity contribution is 6.07. The van der Waals surface area contributed by atoms with Crippen molar-refractivity contribution in [1.82, 2.24) is 4.90 Å². The first-order valence-electron chi connectivity index (χ1n) is 10.1. The molecule has 2 amide bonds. The Balaban J connectivity index is 1.59. The molecule has 0 bridgehead atoms. The molecule has 0 N–H and O–H groups in total. The molecule has 152 valence electrons. The van der Waals surface area contributed by atoms with E-state index in [4.69, 9.17) is 9.47 Å². The van der Waals surface area contributed by atoms with Crippen LogP contribution in [-0.2, 0) is 16.1 Å². The van der Waals surface area contributed by atoms with Crippen LogP contribution in [0.3, 0.4) is 0 Å². The molecule has 6 nitrogen and oxygen atoms in total. The lowest BCUT2D eigenvalue weighted by Gasteiger charge is -2.37. The molecule has 0 radical (unpaired) electrons. The Morgan fingerprint density at radius 3 is 2.48 bits per heavy atom. The van der Waals surface area contributed by atoms with Crippen LogP contribution < -0.4 is 9.64 Å². The molecule has 1 atom stereocenters. The minimum atomic E-state index is -0.681. The lowest BCUT2D eigenvalue weighted by molar-refractivity contribution is -0.139. The fourth-order valence-corrected chi connectivity index (χ4v) is 3.94. The van der Waals surface area contributed by atoms with Gasteiger partial charge < -0.3 is 19.3 Å². The number of benzene rings is 2. The van der Waals surface area contributed by atoms with Crippen LogP contribution in [-0.4, -0.2) is 49.6 Å². The number of carbonyl (C=O) groups is 2. The smallest absolute Gasteiger partial charge is 0.265 e. The van der Waals surface area contributed by atoms with Gasteiger partial charge in [0.1, 0.15) is 5.75 Å². The van der Waals surface area contributed by atoms with Crippen LogP contribution in [0.4, 0.5) is 5.69 Å². The van der Waals surface area contributed by atoms with Crippen molar-refractivity contribution in [3.8, 4) is 5.75 Å². The van der Waals surface area contributed by atoms with Crippen molar-refractivity contribution in [3.05, 3.63) is 59.7 Å². The van der Waals surface area contributed by atoms with Crippen LogP contribution in [0.25, 0.3) is 0 Å².